The third kappa shape index (κ3) is 3.37. The van der Waals surface area contributed by atoms with Crippen molar-refractivity contribution in [3.63, 3.8) is 0 Å². The molecule has 0 aliphatic carbocycles. The van der Waals surface area contributed by atoms with Crippen LogP contribution in [-0.4, -0.2) is 9.97 Å². The maximum Gasteiger partial charge on any atom is 0.148 e. The van der Waals surface area contributed by atoms with Crippen molar-refractivity contribution in [1.82, 2.24) is 9.97 Å². The molecule has 7 heteroatoms. The van der Waals surface area contributed by atoms with Gasteiger partial charge in [-0.3, -0.25) is 0 Å². The third-order valence-corrected chi connectivity index (χ3v) is 3.84. The summed E-state index contributed by atoms with van der Waals surface area (Å²) in [5.41, 5.74) is 4.08. The van der Waals surface area contributed by atoms with Crippen molar-refractivity contribution in [2.45, 2.75) is 26.7 Å². The number of nitrogens with zero attached hydrogens (tertiary/aromatic N) is 2. The van der Waals surface area contributed by atoms with Gasteiger partial charge in [0.1, 0.15) is 17.5 Å². The third-order valence-electron chi connectivity index (χ3n) is 3.02. The zero-order chi connectivity index (χ0) is 15.6. The molecular formula is C14H17Cl2N5. The molecule has 0 unspecified atom stereocenters. The van der Waals surface area contributed by atoms with Crippen molar-refractivity contribution in [2.24, 2.45) is 5.84 Å². The van der Waals surface area contributed by atoms with E-state index in [1.165, 1.54) is 0 Å². The van der Waals surface area contributed by atoms with Crippen molar-refractivity contribution in [3.05, 3.63) is 39.6 Å². The molecule has 0 radical (unpaired) electrons. The van der Waals surface area contributed by atoms with Gasteiger partial charge in [0, 0.05) is 11.5 Å². The average molecular weight is 326 g/mol. The lowest BCUT2D eigenvalue weighted by atomic mass is 10.2. The van der Waals surface area contributed by atoms with E-state index in [0.29, 0.717) is 33.2 Å². The van der Waals surface area contributed by atoms with E-state index < -0.39 is 0 Å². The molecule has 21 heavy (non-hydrogen) atoms. The van der Waals surface area contributed by atoms with Gasteiger partial charge in [0.2, 0.25) is 0 Å². The Kier molecular flexibility index (Phi) is 4.88. The maximum absolute atomic E-state index is 6.19. The second-order valence-electron chi connectivity index (χ2n) is 4.93. The van der Waals surface area contributed by atoms with Crippen molar-refractivity contribution < 1.29 is 0 Å². The Morgan fingerprint density at radius 1 is 1.14 bits per heavy atom. The second-order valence-corrected chi connectivity index (χ2v) is 5.71. The van der Waals surface area contributed by atoms with Gasteiger partial charge in [-0.05, 0) is 19.1 Å². The van der Waals surface area contributed by atoms with Gasteiger partial charge in [-0.15, -0.1) is 0 Å². The van der Waals surface area contributed by atoms with Crippen LogP contribution in [0.15, 0.2) is 18.2 Å². The largest absolute Gasteiger partial charge is 0.339 e. The number of benzene rings is 1. The molecule has 112 valence electrons. The number of nitrogens with one attached hydrogen (secondary N) is 2. The van der Waals surface area contributed by atoms with E-state index in [4.69, 9.17) is 29.0 Å². The number of hydrogen-bond donors (Lipinski definition) is 3. The van der Waals surface area contributed by atoms with Crippen molar-refractivity contribution >= 4 is 40.5 Å². The number of hydrogen-bond acceptors (Lipinski definition) is 5. The SMILES string of the molecule is Cc1c(NN)nc(C(C)C)nc1Nc1cccc(Cl)c1Cl. The van der Waals surface area contributed by atoms with Crippen molar-refractivity contribution in [1.29, 1.82) is 0 Å². The molecule has 0 spiro atoms. The quantitative estimate of drug-likeness (QED) is 0.578. The van der Waals surface area contributed by atoms with Crippen LogP contribution < -0.4 is 16.6 Å². The summed E-state index contributed by atoms with van der Waals surface area (Å²) in [4.78, 5) is 8.91. The molecule has 4 N–H and O–H groups in total. The highest BCUT2D eigenvalue weighted by molar-refractivity contribution is 6.43. The van der Waals surface area contributed by atoms with Crippen LogP contribution in [-0.2, 0) is 0 Å². The molecule has 0 saturated heterocycles. The minimum Gasteiger partial charge on any atom is -0.339 e. The van der Waals surface area contributed by atoms with Gasteiger partial charge in [0.25, 0.3) is 0 Å². The number of aromatic nitrogens is 2. The summed E-state index contributed by atoms with van der Waals surface area (Å²) >= 11 is 12.2. The van der Waals surface area contributed by atoms with Crippen LogP contribution in [0.5, 0.6) is 0 Å². The molecular weight excluding hydrogens is 309 g/mol. The molecule has 0 amide bonds. The molecule has 1 heterocycles. The Morgan fingerprint density at radius 2 is 1.81 bits per heavy atom. The normalized spacial score (nSPS) is 10.8. The number of halogens is 2. The fourth-order valence-corrected chi connectivity index (χ4v) is 2.13. The highest BCUT2D eigenvalue weighted by Crippen LogP contribution is 2.33. The fraction of sp³-hybridized carbons (Fsp3) is 0.286. The predicted molar refractivity (Wildman–Crippen MR) is 88.4 cm³/mol. The maximum atomic E-state index is 6.19. The summed E-state index contributed by atoms with van der Waals surface area (Å²) in [6, 6.07) is 5.38. The minimum absolute atomic E-state index is 0.174. The second kappa shape index (κ2) is 6.47. The zero-order valence-corrected chi connectivity index (χ0v) is 13.5. The van der Waals surface area contributed by atoms with Crippen LogP contribution in [0.2, 0.25) is 10.0 Å². The van der Waals surface area contributed by atoms with Gasteiger partial charge >= 0.3 is 0 Å². The van der Waals surface area contributed by atoms with Crippen molar-refractivity contribution in [3.8, 4) is 0 Å². The highest BCUT2D eigenvalue weighted by atomic mass is 35.5. The summed E-state index contributed by atoms with van der Waals surface area (Å²) in [5.74, 6) is 7.61. The number of hydrazine groups is 1. The van der Waals surface area contributed by atoms with E-state index in [1.807, 2.05) is 32.9 Å². The Bertz CT molecular complexity index is 658. The first-order valence-corrected chi connectivity index (χ1v) is 7.25. The van der Waals surface area contributed by atoms with Gasteiger partial charge in [-0.1, -0.05) is 43.1 Å². The van der Waals surface area contributed by atoms with Gasteiger partial charge in [-0.25, -0.2) is 15.8 Å². The fourth-order valence-electron chi connectivity index (χ4n) is 1.78. The number of anilines is 3. The van der Waals surface area contributed by atoms with E-state index in [1.54, 1.807) is 6.07 Å². The lowest BCUT2D eigenvalue weighted by Crippen LogP contribution is -2.14. The monoisotopic (exact) mass is 325 g/mol. The first-order valence-electron chi connectivity index (χ1n) is 6.50. The van der Waals surface area contributed by atoms with Crippen LogP contribution >= 0.6 is 23.2 Å². The Hall–Kier alpha value is -1.56. The van der Waals surface area contributed by atoms with Crippen molar-refractivity contribution in [2.75, 3.05) is 10.7 Å². The number of nitrogens with two attached hydrogens (primary N) is 1. The van der Waals surface area contributed by atoms with Gasteiger partial charge in [0.05, 0.1) is 15.7 Å². The van der Waals surface area contributed by atoms with E-state index in [9.17, 15) is 0 Å². The molecule has 1 aromatic carbocycles. The van der Waals surface area contributed by atoms with Crippen LogP contribution in [0, 0.1) is 6.92 Å². The summed E-state index contributed by atoms with van der Waals surface area (Å²) in [7, 11) is 0. The molecule has 0 saturated carbocycles. The minimum atomic E-state index is 0.174. The standard InChI is InChI=1S/C14H17Cl2N5/c1-7(2)12-19-13(8(3)14(20-12)21-17)18-10-6-4-5-9(15)11(10)16/h4-7H,17H2,1-3H3,(H2,18,19,20,21). The Balaban J connectivity index is 2.48. The van der Waals surface area contributed by atoms with Crippen LogP contribution in [0.4, 0.5) is 17.3 Å². The van der Waals surface area contributed by atoms with Gasteiger partial charge in [-0.2, -0.15) is 0 Å². The van der Waals surface area contributed by atoms with Crippen LogP contribution in [0.3, 0.4) is 0 Å². The molecule has 2 rings (SSSR count). The molecule has 0 bridgehead atoms. The summed E-state index contributed by atoms with van der Waals surface area (Å²) in [5, 5.41) is 4.12. The van der Waals surface area contributed by atoms with Crippen LogP contribution in [0.25, 0.3) is 0 Å². The Labute approximate surface area is 133 Å². The average Bonchev–Trinajstić information content (AvgIpc) is 2.45. The number of rotatable bonds is 4. The smallest absolute Gasteiger partial charge is 0.148 e. The summed E-state index contributed by atoms with van der Waals surface area (Å²) in [6.45, 7) is 5.91. The lowest BCUT2D eigenvalue weighted by Gasteiger charge is -2.16. The Morgan fingerprint density at radius 3 is 2.43 bits per heavy atom. The predicted octanol–water partition coefficient (Wildman–Crippen LogP) is 4.24. The van der Waals surface area contributed by atoms with E-state index in [0.717, 1.165) is 5.56 Å². The molecule has 2 aromatic rings. The molecule has 0 fully saturated rings. The van der Waals surface area contributed by atoms with E-state index in [2.05, 4.69) is 20.7 Å². The van der Waals surface area contributed by atoms with E-state index >= 15 is 0 Å². The molecule has 0 aliphatic heterocycles. The van der Waals surface area contributed by atoms with Gasteiger partial charge in [0.15, 0.2) is 0 Å². The van der Waals surface area contributed by atoms with Gasteiger partial charge < -0.3 is 10.7 Å². The topological polar surface area (TPSA) is 75.9 Å². The summed E-state index contributed by atoms with van der Waals surface area (Å²) in [6.07, 6.45) is 0. The molecule has 5 nitrogen and oxygen atoms in total. The lowest BCUT2D eigenvalue weighted by molar-refractivity contribution is 0.774. The first-order chi connectivity index (χ1) is 9.93. The number of nitrogen functional groups attached to an aromatic ring is 1. The summed E-state index contributed by atoms with van der Waals surface area (Å²) < 4.78 is 0. The molecule has 0 aliphatic rings. The first kappa shape index (κ1) is 15.8. The van der Waals surface area contributed by atoms with E-state index in [-0.39, 0.29) is 5.92 Å². The molecule has 1 aromatic heterocycles. The van der Waals surface area contributed by atoms with Crippen LogP contribution in [0.1, 0.15) is 31.2 Å². The molecule has 0 atom stereocenters. The zero-order valence-electron chi connectivity index (χ0n) is 12.0. The highest BCUT2D eigenvalue weighted by Gasteiger charge is 2.14.